The number of hydrogen-bond donors (Lipinski definition) is 1. The minimum absolute atomic E-state index is 0.0473. The number of amides is 1. The van der Waals surface area contributed by atoms with Gasteiger partial charge in [0.1, 0.15) is 5.52 Å². The Bertz CT molecular complexity index is 763. The van der Waals surface area contributed by atoms with E-state index in [0.29, 0.717) is 18.0 Å². The van der Waals surface area contributed by atoms with Crippen molar-refractivity contribution in [3.05, 3.63) is 65.5 Å². The normalized spacial score (nSPS) is 10.7. The first-order valence-corrected chi connectivity index (χ1v) is 6.92. The van der Waals surface area contributed by atoms with Gasteiger partial charge >= 0.3 is 0 Å². The van der Waals surface area contributed by atoms with E-state index in [2.05, 4.69) is 10.3 Å². The Morgan fingerprint density at radius 3 is 2.81 bits per heavy atom. The van der Waals surface area contributed by atoms with Crippen LogP contribution in [0.15, 0.2) is 52.9 Å². The molecule has 21 heavy (non-hydrogen) atoms. The van der Waals surface area contributed by atoms with Crippen LogP contribution < -0.4 is 5.32 Å². The van der Waals surface area contributed by atoms with Gasteiger partial charge in [0.05, 0.1) is 0 Å². The monoisotopic (exact) mass is 280 g/mol. The van der Waals surface area contributed by atoms with Gasteiger partial charge in [0.2, 0.25) is 0 Å². The Kier molecular flexibility index (Phi) is 3.69. The van der Waals surface area contributed by atoms with Crippen LogP contribution in [0.25, 0.3) is 11.1 Å². The number of carbonyl (C=O) groups is 1. The van der Waals surface area contributed by atoms with Crippen LogP contribution in [0, 0.1) is 6.92 Å². The van der Waals surface area contributed by atoms with Crippen LogP contribution >= 0.6 is 0 Å². The number of aromatic nitrogens is 1. The fourth-order valence-corrected chi connectivity index (χ4v) is 2.26. The minimum Gasteiger partial charge on any atom is -0.441 e. The Labute approximate surface area is 122 Å². The molecule has 0 radical (unpaired) electrons. The minimum atomic E-state index is -0.0473. The fourth-order valence-electron chi connectivity index (χ4n) is 2.26. The zero-order valence-electron chi connectivity index (χ0n) is 11.8. The summed E-state index contributed by atoms with van der Waals surface area (Å²) in [6.45, 7) is 2.43. The molecule has 3 aromatic rings. The SMILES string of the molecule is Cc1nc2cc(CCNC(=O)c3ccccc3)ccc2o1. The predicted molar refractivity (Wildman–Crippen MR) is 81.2 cm³/mol. The van der Waals surface area contributed by atoms with Crippen LogP contribution in [0.3, 0.4) is 0 Å². The van der Waals surface area contributed by atoms with Gasteiger partial charge in [-0.15, -0.1) is 0 Å². The summed E-state index contributed by atoms with van der Waals surface area (Å²) in [5, 5.41) is 2.92. The molecular formula is C17H16N2O2. The van der Waals surface area contributed by atoms with E-state index in [1.54, 1.807) is 12.1 Å². The Balaban J connectivity index is 1.60. The van der Waals surface area contributed by atoms with Crippen molar-refractivity contribution in [1.82, 2.24) is 10.3 Å². The lowest BCUT2D eigenvalue weighted by Crippen LogP contribution is -2.25. The largest absolute Gasteiger partial charge is 0.441 e. The van der Waals surface area contributed by atoms with Crippen molar-refractivity contribution in [3.63, 3.8) is 0 Å². The smallest absolute Gasteiger partial charge is 0.251 e. The molecule has 0 saturated heterocycles. The molecule has 1 heterocycles. The van der Waals surface area contributed by atoms with Crippen molar-refractivity contribution >= 4 is 17.0 Å². The van der Waals surface area contributed by atoms with Gasteiger partial charge in [0.15, 0.2) is 11.5 Å². The maximum atomic E-state index is 11.9. The number of aryl methyl sites for hydroxylation is 1. The van der Waals surface area contributed by atoms with Crippen molar-refractivity contribution in [1.29, 1.82) is 0 Å². The van der Waals surface area contributed by atoms with E-state index >= 15 is 0 Å². The van der Waals surface area contributed by atoms with Gasteiger partial charge in [0, 0.05) is 19.0 Å². The zero-order valence-corrected chi connectivity index (χ0v) is 11.8. The Morgan fingerprint density at radius 1 is 1.19 bits per heavy atom. The molecule has 106 valence electrons. The molecule has 3 rings (SSSR count). The first kappa shape index (κ1) is 13.4. The van der Waals surface area contributed by atoms with Crippen LogP contribution in [0.5, 0.6) is 0 Å². The number of oxazole rings is 1. The van der Waals surface area contributed by atoms with Crippen LogP contribution in [0.2, 0.25) is 0 Å². The van der Waals surface area contributed by atoms with Crippen LogP contribution in [-0.4, -0.2) is 17.4 Å². The topological polar surface area (TPSA) is 55.1 Å². The second-order valence-electron chi connectivity index (χ2n) is 4.91. The molecular weight excluding hydrogens is 264 g/mol. The zero-order chi connectivity index (χ0) is 14.7. The highest BCUT2D eigenvalue weighted by Crippen LogP contribution is 2.16. The first-order valence-electron chi connectivity index (χ1n) is 6.92. The van der Waals surface area contributed by atoms with Crippen molar-refractivity contribution in [2.24, 2.45) is 0 Å². The molecule has 4 nitrogen and oxygen atoms in total. The molecule has 0 atom stereocenters. The summed E-state index contributed by atoms with van der Waals surface area (Å²) < 4.78 is 5.44. The molecule has 4 heteroatoms. The number of benzene rings is 2. The summed E-state index contributed by atoms with van der Waals surface area (Å²) in [6, 6.07) is 15.1. The maximum absolute atomic E-state index is 11.9. The van der Waals surface area contributed by atoms with Crippen LogP contribution in [0.1, 0.15) is 21.8 Å². The van der Waals surface area contributed by atoms with Gasteiger partial charge in [-0.05, 0) is 36.2 Å². The summed E-state index contributed by atoms with van der Waals surface area (Å²) >= 11 is 0. The molecule has 1 aromatic heterocycles. The van der Waals surface area contributed by atoms with E-state index in [0.717, 1.165) is 23.1 Å². The van der Waals surface area contributed by atoms with E-state index in [1.165, 1.54) is 0 Å². The van der Waals surface area contributed by atoms with Gasteiger partial charge in [-0.3, -0.25) is 4.79 Å². The highest BCUT2D eigenvalue weighted by molar-refractivity contribution is 5.94. The van der Waals surface area contributed by atoms with Gasteiger partial charge in [-0.1, -0.05) is 24.3 Å². The van der Waals surface area contributed by atoms with E-state index in [-0.39, 0.29) is 5.91 Å². The number of carbonyl (C=O) groups excluding carboxylic acids is 1. The van der Waals surface area contributed by atoms with Crippen LogP contribution in [0.4, 0.5) is 0 Å². The summed E-state index contributed by atoms with van der Waals surface area (Å²) in [5.74, 6) is 0.619. The summed E-state index contributed by atoms with van der Waals surface area (Å²) in [5.41, 5.74) is 3.47. The van der Waals surface area contributed by atoms with Crippen molar-refractivity contribution in [3.8, 4) is 0 Å². The molecule has 0 aliphatic rings. The lowest BCUT2D eigenvalue weighted by molar-refractivity contribution is 0.0954. The number of nitrogens with one attached hydrogen (secondary N) is 1. The quantitative estimate of drug-likeness (QED) is 0.799. The molecule has 0 spiro atoms. The molecule has 0 fully saturated rings. The number of nitrogens with zero attached hydrogens (tertiary/aromatic N) is 1. The first-order chi connectivity index (χ1) is 10.2. The standard InChI is InChI=1S/C17H16N2O2/c1-12-19-15-11-13(7-8-16(15)21-12)9-10-18-17(20)14-5-3-2-4-6-14/h2-8,11H,9-10H2,1H3,(H,18,20). The van der Waals surface area contributed by atoms with Gasteiger partial charge in [-0.2, -0.15) is 0 Å². The summed E-state index contributed by atoms with van der Waals surface area (Å²) in [4.78, 5) is 16.2. The molecule has 2 aromatic carbocycles. The third kappa shape index (κ3) is 3.11. The lowest BCUT2D eigenvalue weighted by atomic mass is 10.1. The number of rotatable bonds is 4. The molecule has 0 unspecified atom stereocenters. The van der Waals surface area contributed by atoms with Gasteiger partial charge < -0.3 is 9.73 Å². The number of hydrogen-bond acceptors (Lipinski definition) is 3. The lowest BCUT2D eigenvalue weighted by Gasteiger charge is -2.05. The summed E-state index contributed by atoms with van der Waals surface area (Å²) in [6.07, 6.45) is 0.764. The van der Waals surface area contributed by atoms with E-state index in [1.807, 2.05) is 43.3 Å². The molecule has 1 amide bonds. The van der Waals surface area contributed by atoms with E-state index in [9.17, 15) is 4.79 Å². The third-order valence-corrected chi connectivity index (χ3v) is 3.29. The van der Waals surface area contributed by atoms with Gasteiger partial charge in [0.25, 0.3) is 5.91 Å². The maximum Gasteiger partial charge on any atom is 0.251 e. The van der Waals surface area contributed by atoms with E-state index in [4.69, 9.17) is 4.42 Å². The number of fused-ring (bicyclic) bond motifs is 1. The molecule has 0 saturated carbocycles. The van der Waals surface area contributed by atoms with Crippen molar-refractivity contribution in [2.45, 2.75) is 13.3 Å². The highest BCUT2D eigenvalue weighted by Gasteiger charge is 2.05. The average molecular weight is 280 g/mol. The molecule has 0 aliphatic heterocycles. The Morgan fingerprint density at radius 2 is 2.00 bits per heavy atom. The van der Waals surface area contributed by atoms with Crippen LogP contribution in [-0.2, 0) is 6.42 Å². The fraction of sp³-hybridized carbons (Fsp3) is 0.176. The summed E-state index contributed by atoms with van der Waals surface area (Å²) in [7, 11) is 0. The average Bonchev–Trinajstić information content (AvgIpc) is 2.87. The predicted octanol–water partition coefficient (Wildman–Crippen LogP) is 3.11. The van der Waals surface area contributed by atoms with Crippen molar-refractivity contribution in [2.75, 3.05) is 6.54 Å². The molecule has 0 aliphatic carbocycles. The highest BCUT2D eigenvalue weighted by atomic mass is 16.3. The third-order valence-electron chi connectivity index (χ3n) is 3.29. The Hall–Kier alpha value is -2.62. The van der Waals surface area contributed by atoms with E-state index < -0.39 is 0 Å². The molecule has 0 bridgehead atoms. The van der Waals surface area contributed by atoms with Crippen molar-refractivity contribution < 1.29 is 9.21 Å². The second kappa shape index (κ2) is 5.79. The molecule has 1 N–H and O–H groups in total. The van der Waals surface area contributed by atoms with Gasteiger partial charge in [-0.25, -0.2) is 4.98 Å². The second-order valence-corrected chi connectivity index (χ2v) is 4.91.